The zero-order valence-corrected chi connectivity index (χ0v) is 13.9. The molecule has 3 nitrogen and oxygen atoms in total. The molecule has 0 spiro atoms. The van der Waals surface area contributed by atoms with Crippen LogP contribution in [-0.2, 0) is 11.2 Å². The van der Waals surface area contributed by atoms with Crippen molar-refractivity contribution < 1.29 is 9.90 Å². The molecule has 0 amide bonds. The molecule has 122 valence electrons. The monoisotopic (exact) mass is 303 g/mol. The summed E-state index contributed by atoms with van der Waals surface area (Å²) in [6, 6.07) is 10.0. The molecule has 0 unspecified atom stereocenters. The average molecular weight is 303 g/mol. The molecule has 0 aliphatic heterocycles. The van der Waals surface area contributed by atoms with Crippen LogP contribution in [0.5, 0.6) is 0 Å². The third-order valence-electron chi connectivity index (χ3n) is 4.58. The topological polar surface area (TPSA) is 40.5 Å². The van der Waals surface area contributed by atoms with Crippen LogP contribution in [0.4, 0.5) is 0 Å². The summed E-state index contributed by atoms with van der Waals surface area (Å²) in [7, 11) is 0. The van der Waals surface area contributed by atoms with Crippen LogP contribution in [0.3, 0.4) is 0 Å². The standard InChI is InChI=1S/C19H29NO2/c1-15(2)14-20(17-11-7-4-8-12-17)18(19(21)22)13-16-9-5-3-6-10-16/h3,5-6,9-10,15,17-18H,4,7-8,11-14H2,1-2H3,(H,21,22)/t18-/m0/s1. The second kappa shape index (κ2) is 8.33. The molecule has 1 N–H and O–H groups in total. The molecule has 1 aliphatic rings. The van der Waals surface area contributed by atoms with Gasteiger partial charge in [0.05, 0.1) is 0 Å². The van der Waals surface area contributed by atoms with Crippen molar-refractivity contribution in [3.8, 4) is 0 Å². The van der Waals surface area contributed by atoms with E-state index in [0.29, 0.717) is 18.4 Å². The first-order valence-electron chi connectivity index (χ1n) is 8.60. The Morgan fingerprint density at radius 1 is 1.18 bits per heavy atom. The maximum atomic E-state index is 11.9. The van der Waals surface area contributed by atoms with E-state index in [-0.39, 0.29) is 0 Å². The summed E-state index contributed by atoms with van der Waals surface area (Å²) in [6.07, 6.45) is 6.65. The van der Waals surface area contributed by atoms with Crippen LogP contribution in [0.1, 0.15) is 51.5 Å². The highest BCUT2D eigenvalue weighted by Crippen LogP contribution is 2.26. The summed E-state index contributed by atoms with van der Waals surface area (Å²) >= 11 is 0. The van der Waals surface area contributed by atoms with Gasteiger partial charge in [-0.15, -0.1) is 0 Å². The maximum Gasteiger partial charge on any atom is 0.321 e. The lowest BCUT2D eigenvalue weighted by Gasteiger charge is -2.39. The summed E-state index contributed by atoms with van der Waals surface area (Å²) in [5.41, 5.74) is 1.11. The van der Waals surface area contributed by atoms with E-state index in [0.717, 1.165) is 24.9 Å². The van der Waals surface area contributed by atoms with E-state index < -0.39 is 12.0 Å². The summed E-state index contributed by atoms with van der Waals surface area (Å²) in [4.78, 5) is 14.2. The fourth-order valence-corrected chi connectivity index (χ4v) is 3.55. The molecular weight excluding hydrogens is 274 g/mol. The molecule has 1 atom stereocenters. The van der Waals surface area contributed by atoms with Crippen LogP contribution in [0.15, 0.2) is 30.3 Å². The number of hydrogen-bond acceptors (Lipinski definition) is 2. The smallest absolute Gasteiger partial charge is 0.321 e. The average Bonchev–Trinajstić information content (AvgIpc) is 2.52. The van der Waals surface area contributed by atoms with Gasteiger partial charge < -0.3 is 5.11 Å². The first-order chi connectivity index (χ1) is 10.6. The number of aliphatic carboxylic acids is 1. The van der Waals surface area contributed by atoms with Crippen molar-refractivity contribution in [2.24, 2.45) is 5.92 Å². The van der Waals surface area contributed by atoms with E-state index in [4.69, 9.17) is 0 Å². The third-order valence-corrected chi connectivity index (χ3v) is 4.58. The highest BCUT2D eigenvalue weighted by Gasteiger charge is 2.32. The fourth-order valence-electron chi connectivity index (χ4n) is 3.55. The van der Waals surface area contributed by atoms with E-state index in [9.17, 15) is 9.90 Å². The van der Waals surface area contributed by atoms with E-state index in [1.807, 2.05) is 30.3 Å². The van der Waals surface area contributed by atoms with Gasteiger partial charge in [0.1, 0.15) is 6.04 Å². The van der Waals surface area contributed by atoms with Gasteiger partial charge in [-0.1, -0.05) is 63.4 Å². The first kappa shape index (κ1) is 17.0. The molecule has 1 aromatic carbocycles. The molecule has 0 bridgehead atoms. The Kier molecular flexibility index (Phi) is 6.44. The second-order valence-corrected chi connectivity index (χ2v) is 6.93. The van der Waals surface area contributed by atoms with Gasteiger partial charge in [0.2, 0.25) is 0 Å². The maximum absolute atomic E-state index is 11.9. The van der Waals surface area contributed by atoms with Crippen LogP contribution >= 0.6 is 0 Å². The molecular formula is C19H29NO2. The quantitative estimate of drug-likeness (QED) is 0.828. The minimum atomic E-state index is -0.685. The number of carbonyl (C=O) groups is 1. The highest BCUT2D eigenvalue weighted by molar-refractivity contribution is 5.74. The zero-order valence-electron chi connectivity index (χ0n) is 13.9. The summed E-state index contributed by atoms with van der Waals surface area (Å²) < 4.78 is 0. The zero-order chi connectivity index (χ0) is 15.9. The first-order valence-corrected chi connectivity index (χ1v) is 8.60. The summed E-state index contributed by atoms with van der Waals surface area (Å²) in [5.74, 6) is -0.199. The number of carboxylic acid groups (broad SMARTS) is 1. The van der Waals surface area contributed by atoms with Crippen LogP contribution in [0.2, 0.25) is 0 Å². The molecule has 0 saturated heterocycles. The summed E-state index contributed by atoms with van der Waals surface area (Å²) in [5, 5.41) is 9.81. The van der Waals surface area contributed by atoms with Gasteiger partial charge in [-0.25, -0.2) is 0 Å². The molecule has 22 heavy (non-hydrogen) atoms. The number of hydrogen-bond donors (Lipinski definition) is 1. The number of rotatable bonds is 7. The Hall–Kier alpha value is -1.35. The molecule has 1 aromatic rings. The van der Waals surface area contributed by atoms with Gasteiger partial charge in [0, 0.05) is 12.6 Å². The van der Waals surface area contributed by atoms with Crippen molar-refractivity contribution in [3.63, 3.8) is 0 Å². The largest absolute Gasteiger partial charge is 0.480 e. The highest BCUT2D eigenvalue weighted by atomic mass is 16.4. The van der Waals surface area contributed by atoms with Gasteiger partial charge in [-0.05, 0) is 30.7 Å². The van der Waals surface area contributed by atoms with Gasteiger partial charge in [-0.3, -0.25) is 9.69 Å². The Labute approximate surface area is 134 Å². The van der Waals surface area contributed by atoms with E-state index in [1.165, 1.54) is 19.3 Å². The number of benzene rings is 1. The van der Waals surface area contributed by atoms with Gasteiger partial charge in [0.15, 0.2) is 0 Å². The van der Waals surface area contributed by atoms with E-state index in [1.54, 1.807) is 0 Å². The molecule has 0 aromatic heterocycles. The van der Waals surface area contributed by atoms with Crippen LogP contribution in [-0.4, -0.2) is 34.6 Å². The minimum Gasteiger partial charge on any atom is -0.480 e. The van der Waals surface area contributed by atoms with Crippen molar-refractivity contribution in [2.75, 3.05) is 6.54 Å². The van der Waals surface area contributed by atoms with Crippen molar-refractivity contribution >= 4 is 5.97 Å². The molecule has 0 radical (unpaired) electrons. The Morgan fingerprint density at radius 3 is 2.36 bits per heavy atom. The van der Waals surface area contributed by atoms with Crippen LogP contribution in [0.25, 0.3) is 0 Å². The molecule has 3 heteroatoms. The Bertz CT molecular complexity index is 452. The lowest BCUT2D eigenvalue weighted by Crippen LogP contribution is -2.50. The van der Waals surface area contributed by atoms with Gasteiger partial charge >= 0.3 is 5.97 Å². The lowest BCUT2D eigenvalue weighted by molar-refractivity contribution is -0.145. The van der Waals surface area contributed by atoms with Crippen molar-refractivity contribution in [1.29, 1.82) is 0 Å². The number of carboxylic acids is 1. The van der Waals surface area contributed by atoms with Crippen molar-refractivity contribution in [2.45, 2.75) is 64.5 Å². The Morgan fingerprint density at radius 2 is 1.82 bits per heavy atom. The summed E-state index contributed by atoms with van der Waals surface area (Å²) in [6.45, 7) is 5.23. The van der Waals surface area contributed by atoms with E-state index >= 15 is 0 Å². The molecule has 1 aliphatic carbocycles. The molecule has 1 saturated carbocycles. The second-order valence-electron chi connectivity index (χ2n) is 6.93. The van der Waals surface area contributed by atoms with E-state index in [2.05, 4.69) is 18.7 Å². The molecule has 1 fully saturated rings. The van der Waals surface area contributed by atoms with Crippen LogP contribution in [0, 0.1) is 5.92 Å². The predicted octanol–water partition coefficient (Wildman–Crippen LogP) is 3.97. The predicted molar refractivity (Wildman–Crippen MR) is 90.0 cm³/mol. The molecule has 2 rings (SSSR count). The SMILES string of the molecule is CC(C)CN(C1CCCCC1)[C@@H](Cc1ccccc1)C(=O)O. The van der Waals surface area contributed by atoms with Gasteiger partial charge in [0.25, 0.3) is 0 Å². The Balaban J connectivity index is 2.17. The normalized spacial score (nSPS) is 17.8. The van der Waals surface area contributed by atoms with Gasteiger partial charge in [-0.2, -0.15) is 0 Å². The number of nitrogens with zero attached hydrogens (tertiary/aromatic N) is 1. The van der Waals surface area contributed by atoms with Crippen LogP contribution < -0.4 is 0 Å². The minimum absolute atomic E-state index is 0.409. The van der Waals surface area contributed by atoms with Crippen molar-refractivity contribution in [3.05, 3.63) is 35.9 Å². The van der Waals surface area contributed by atoms with Crippen molar-refractivity contribution in [1.82, 2.24) is 4.90 Å². The third kappa shape index (κ3) is 4.84. The lowest BCUT2D eigenvalue weighted by atomic mass is 9.91. The fraction of sp³-hybridized carbons (Fsp3) is 0.632. The molecule has 0 heterocycles.